The summed E-state index contributed by atoms with van der Waals surface area (Å²) in [5.41, 5.74) is 0.298. The number of halogens is 2. The molecule has 1 saturated heterocycles. The zero-order valence-corrected chi connectivity index (χ0v) is 24.3. The maximum atomic E-state index is 15.2. The van der Waals surface area contributed by atoms with Gasteiger partial charge in [-0.15, -0.1) is 11.3 Å². The van der Waals surface area contributed by atoms with Gasteiger partial charge in [-0.3, -0.25) is 14.4 Å². The quantitative estimate of drug-likeness (QED) is 0.442. The highest BCUT2D eigenvalue weighted by atomic mass is 32.1. The fourth-order valence-corrected chi connectivity index (χ4v) is 5.75. The molecular formula is C28H36F2N4O5S. The normalized spacial score (nSPS) is 21.5. The molecule has 0 unspecified atom stereocenters. The van der Waals surface area contributed by atoms with E-state index in [0.29, 0.717) is 27.4 Å². The van der Waals surface area contributed by atoms with Crippen molar-refractivity contribution in [1.82, 2.24) is 20.5 Å². The second-order valence-electron chi connectivity index (χ2n) is 11.7. The van der Waals surface area contributed by atoms with Crippen LogP contribution < -0.4 is 15.4 Å². The van der Waals surface area contributed by atoms with Crippen molar-refractivity contribution in [3.8, 4) is 16.2 Å². The van der Waals surface area contributed by atoms with E-state index in [4.69, 9.17) is 4.74 Å². The first-order valence-electron chi connectivity index (χ1n) is 13.2. The second-order valence-corrected chi connectivity index (χ2v) is 12.6. The average molecular weight is 579 g/mol. The molecule has 4 atom stereocenters. The lowest BCUT2D eigenvalue weighted by molar-refractivity contribution is -0.145. The maximum absolute atomic E-state index is 15.2. The standard InChI is InChI=1S/C28H36F2N4O5S/c1-14(17-10-19(29)18(11-21(17)39-6)22-15(2)31-13-40-22)32-24(36)20-9-16(35)12-34(20)25(37)23(27(3,4)5)33-26(38)28(30)7-8-28/h10-11,13-14,16,20,23,35H,7-9,12H2,1-6H3,(H,32,36)(H,33,38)/t14-,16+,20-,23+/m0/s1. The molecule has 1 saturated carbocycles. The minimum absolute atomic E-state index is 0.0166. The van der Waals surface area contributed by atoms with Gasteiger partial charge in [0.1, 0.15) is 23.7 Å². The van der Waals surface area contributed by atoms with Crippen molar-refractivity contribution in [3.63, 3.8) is 0 Å². The highest BCUT2D eigenvalue weighted by molar-refractivity contribution is 7.13. The molecule has 2 aromatic rings. The first-order valence-corrected chi connectivity index (χ1v) is 14.1. The number of likely N-dealkylation sites (tertiary alicyclic amines) is 1. The molecule has 0 bridgehead atoms. The summed E-state index contributed by atoms with van der Waals surface area (Å²) < 4.78 is 35.1. The lowest BCUT2D eigenvalue weighted by Gasteiger charge is -2.35. The molecule has 40 heavy (non-hydrogen) atoms. The molecule has 3 amide bonds. The van der Waals surface area contributed by atoms with E-state index >= 15 is 4.39 Å². The highest BCUT2D eigenvalue weighted by Crippen LogP contribution is 2.41. The molecule has 4 rings (SSSR count). The van der Waals surface area contributed by atoms with Gasteiger partial charge in [0.2, 0.25) is 11.8 Å². The van der Waals surface area contributed by atoms with Crippen LogP contribution in [-0.4, -0.2) is 70.2 Å². The Balaban J connectivity index is 1.54. The Morgan fingerprint density at radius 2 is 1.93 bits per heavy atom. The van der Waals surface area contributed by atoms with Gasteiger partial charge >= 0.3 is 0 Å². The van der Waals surface area contributed by atoms with E-state index in [-0.39, 0.29) is 25.8 Å². The predicted octanol–water partition coefficient (Wildman–Crippen LogP) is 3.44. The number of aromatic nitrogens is 1. The van der Waals surface area contributed by atoms with E-state index in [0.717, 1.165) is 0 Å². The number of thiazole rings is 1. The van der Waals surface area contributed by atoms with E-state index in [9.17, 15) is 23.9 Å². The topological polar surface area (TPSA) is 121 Å². The predicted molar refractivity (Wildman–Crippen MR) is 146 cm³/mol. The SMILES string of the molecule is COc1cc(-c2scnc2C)c(F)cc1[C@H](C)NC(=O)[C@@H]1C[C@@H](O)CN1C(=O)[C@@H](NC(=O)C1(F)CC1)C(C)(C)C. The van der Waals surface area contributed by atoms with Gasteiger partial charge < -0.3 is 25.4 Å². The summed E-state index contributed by atoms with van der Waals surface area (Å²) >= 11 is 1.31. The molecule has 1 aromatic carbocycles. The van der Waals surface area contributed by atoms with Crippen molar-refractivity contribution >= 4 is 29.1 Å². The summed E-state index contributed by atoms with van der Waals surface area (Å²) in [4.78, 5) is 45.6. The van der Waals surface area contributed by atoms with Gasteiger partial charge in [0.25, 0.3) is 5.91 Å². The highest BCUT2D eigenvalue weighted by Gasteiger charge is 2.53. The molecule has 12 heteroatoms. The van der Waals surface area contributed by atoms with Crippen LogP contribution in [0.1, 0.15) is 64.3 Å². The zero-order valence-electron chi connectivity index (χ0n) is 23.5. The van der Waals surface area contributed by atoms with E-state index in [2.05, 4.69) is 15.6 Å². The van der Waals surface area contributed by atoms with Gasteiger partial charge in [-0.1, -0.05) is 20.8 Å². The number of benzene rings is 1. The van der Waals surface area contributed by atoms with Crippen LogP contribution in [0.2, 0.25) is 0 Å². The van der Waals surface area contributed by atoms with Crippen LogP contribution in [0.4, 0.5) is 8.78 Å². The van der Waals surface area contributed by atoms with Gasteiger partial charge in [0.15, 0.2) is 5.67 Å². The first-order chi connectivity index (χ1) is 18.7. The number of hydrogen-bond donors (Lipinski definition) is 3. The number of aliphatic hydroxyl groups is 1. The van der Waals surface area contributed by atoms with Crippen molar-refractivity contribution < 1.29 is 33.0 Å². The van der Waals surface area contributed by atoms with Gasteiger partial charge in [0, 0.05) is 24.1 Å². The first kappa shape index (κ1) is 29.9. The number of aliphatic hydroxyl groups excluding tert-OH is 1. The molecule has 1 aliphatic heterocycles. The molecule has 9 nitrogen and oxygen atoms in total. The van der Waals surface area contributed by atoms with E-state index in [1.807, 2.05) is 0 Å². The van der Waals surface area contributed by atoms with Crippen molar-refractivity contribution in [1.29, 1.82) is 0 Å². The van der Waals surface area contributed by atoms with Gasteiger partial charge in [0.05, 0.1) is 35.3 Å². The lowest BCUT2D eigenvalue weighted by atomic mass is 9.85. The molecule has 2 fully saturated rings. The minimum atomic E-state index is -1.97. The van der Waals surface area contributed by atoms with E-state index in [1.54, 1.807) is 46.2 Å². The fraction of sp³-hybridized carbons (Fsp3) is 0.571. The number of hydrogen-bond acceptors (Lipinski definition) is 7. The molecular weight excluding hydrogens is 542 g/mol. The average Bonchev–Trinajstić information content (AvgIpc) is 3.29. The van der Waals surface area contributed by atoms with Crippen LogP contribution >= 0.6 is 11.3 Å². The van der Waals surface area contributed by atoms with Crippen molar-refractivity contribution in [2.24, 2.45) is 5.41 Å². The number of rotatable bonds is 8. The van der Waals surface area contributed by atoms with Crippen molar-refractivity contribution in [2.45, 2.75) is 83.8 Å². The Hall–Kier alpha value is -3.12. The molecule has 1 aliphatic carbocycles. The van der Waals surface area contributed by atoms with Crippen LogP contribution in [0.25, 0.3) is 10.4 Å². The molecule has 218 valence electrons. The third kappa shape index (κ3) is 5.97. The van der Waals surface area contributed by atoms with Crippen molar-refractivity contribution in [3.05, 3.63) is 34.7 Å². The van der Waals surface area contributed by atoms with E-state index < -0.39 is 58.9 Å². The number of aryl methyl sites for hydroxylation is 1. The Morgan fingerprint density at radius 3 is 2.48 bits per heavy atom. The third-order valence-electron chi connectivity index (χ3n) is 7.48. The second kappa shape index (κ2) is 11.0. The number of carbonyl (C=O) groups is 3. The van der Waals surface area contributed by atoms with Crippen LogP contribution in [0.5, 0.6) is 5.75 Å². The van der Waals surface area contributed by atoms with Crippen molar-refractivity contribution in [2.75, 3.05) is 13.7 Å². The molecule has 0 spiro atoms. The lowest BCUT2D eigenvalue weighted by Crippen LogP contribution is -2.59. The largest absolute Gasteiger partial charge is 0.496 e. The number of methoxy groups -OCH3 is 1. The van der Waals surface area contributed by atoms with Gasteiger partial charge in [-0.05, 0) is 44.2 Å². The number of carbonyl (C=O) groups excluding carboxylic acids is 3. The summed E-state index contributed by atoms with van der Waals surface area (Å²) in [5.74, 6) is -2.11. The fourth-order valence-electron chi connectivity index (χ4n) is 4.92. The van der Waals surface area contributed by atoms with Gasteiger partial charge in [-0.25, -0.2) is 13.8 Å². The molecule has 2 aliphatic rings. The number of nitrogens with one attached hydrogen (secondary N) is 2. The molecule has 1 aromatic heterocycles. The van der Waals surface area contributed by atoms with Gasteiger partial charge in [-0.2, -0.15) is 0 Å². The zero-order chi connectivity index (χ0) is 29.6. The third-order valence-corrected chi connectivity index (χ3v) is 8.45. The summed E-state index contributed by atoms with van der Waals surface area (Å²) in [7, 11) is 1.45. The van der Waals surface area contributed by atoms with Crippen LogP contribution in [0, 0.1) is 18.2 Å². The number of ether oxygens (including phenoxy) is 1. The molecule has 2 heterocycles. The smallest absolute Gasteiger partial charge is 0.258 e. The van der Waals surface area contributed by atoms with Crippen LogP contribution in [-0.2, 0) is 14.4 Å². The Kier molecular flexibility index (Phi) is 8.24. The summed E-state index contributed by atoms with van der Waals surface area (Å²) in [6, 6.07) is 0.0187. The van der Waals surface area contributed by atoms with Crippen LogP contribution in [0.3, 0.4) is 0 Å². The summed E-state index contributed by atoms with van der Waals surface area (Å²) in [6.07, 6.45) is -0.776. The van der Waals surface area contributed by atoms with Crippen LogP contribution in [0.15, 0.2) is 17.6 Å². The Labute approximate surface area is 236 Å². The maximum Gasteiger partial charge on any atom is 0.258 e. The monoisotopic (exact) mass is 578 g/mol. The number of alkyl halides is 1. The minimum Gasteiger partial charge on any atom is -0.496 e. The number of amides is 3. The van der Waals surface area contributed by atoms with E-state index in [1.165, 1.54) is 29.4 Å². The summed E-state index contributed by atoms with van der Waals surface area (Å²) in [5, 5.41) is 15.7. The Morgan fingerprint density at radius 1 is 1.25 bits per heavy atom. The summed E-state index contributed by atoms with van der Waals surface area (Å²) in [6.45, 7) is 8.53. The number of β-amino-alcohol motifs (C(OH)–C–C–N with tert-alkyl or cyclic N) is 1. The Bertz CT molecular complexity index is 1310. The number of nitrogens with zero attached hydrogens (tertiary/aromatic N) is 2. The molecule has 3 N–H and O–H groups in total. The molecule has 0 radical (unpaired) electrons.